The van der Waals surface area contributed by atoms with E-state index in [1.807, 2.05) is 37.3 Å². The number of aromatic carboxylic acids is 1. The fourth-order valence-corrected chi connectivity index (χ4v) is 1.81. The van der Waals surface area contributed by atoms with Crippen LogP contribution >= 0.6 is 0 Å². The second-order valence-electron chi connectivity index (χ2n) is 4.45. The molecule has 1 aromatic carbocycles. The summed E-state index contributed by atoms with van der Waals surface area (Å²) >= 11 is 0. The van der Waals surface area contributed by atoms with Crippen molar-refractivity contribution in [2.45, 2.75) is 19.8 Å². The minimum atomic E-state index is -1.04. The largest absolute Gasteiger partial charge is 0.477 e. The number of aromatic nitrogens is 2. The van der Waals surface area contributed by atoms with Gasteiger partial charge in [0.2, 0.25) is 0 Å². The maximum atomic E-state index is 11.1. The normalized spacial score (nSPS) is 10.2. The van der Waals surface area contributed by atoms with E-state index in [4.69, 9.17) is 5.11 Å². The quantitative estimate of drug-likeness (QED) is 0.844. The van der Waals surface area contributed by atoms with Crippen molar-refractivity contribution >= 4 is 11.8 Å². The Morgan fingerprint density at radius 2 is 2.00 bits per heavy atom. The van der Waals surface area contributed by atoms with Crippen molar-refractivity contribution in [3.05, 3.63) is 53.5 Å². The van der Waals surface area contributed by atoms with Gasteiger partial charge in [0, 0.05) is 19.0 Å². The molecule has 0 saturated heterocycles. The zero-order valence-electron chi connectivity index (χ0n) is 11.3. The number of nitrogens with zero attached hydrogens (tertiary/aromatic N) is 2. The zero-order valence-corrected chi connectivity index (χ0v) is 11.3. The minimum absolute atomic E-state index is 0.0181. The number of hydrogen-bond acceptors (Lipinski definition) is 4. The first-order valence-corrected chi connectivity index (χ1v) is 6.58. The average Bonchev–Trinajstić information content (AvgIpc) is 2.46. The van der Waals surface area contributed by atoms with Gasteiger partial charge in [-0.1, -0.05) is 37.3 Å². The van der Waals surface area contributed by atoms with Gasteiger partial charge in [-0.2, -0.15) is 0 Å². The standard InChI is InChI=1S/C15H17N3O2/c1-2-8-16-13-10-12(15(19)20)17-14(18-13)9-11-6-4-3-5-7-11/h3-7,10H,2,8-9H2,1H3,(H,19,20)(H,16,17,18). The Kier molecular flexibility index (Phi) is 4.65. The predicted octanol–water partition coefficient (Wildman–Crippen LogP) is 2.59. The highest BCUT2D eigenvalue weighted by molar-refractivity contribution is 5.86. The van der Waals surface area contributed by atoms with E-state index in [0.717, 1.165) is 18.5 Å². The minimum Gasteiger partial charge on any atom is -0.477 e. The number of carbonyl (C=O) groups is 1. The summed E-state index contributed by atoms with van der Waals surface area (Å²) in [6, 6.07) is 11.2. The molecule has 0 aliphatic heterocycles. The van der Waals surface area contributed by atoms with Crippen molar-refractivity contribution in [3.8, 4) is 0 Å². The molecule has 1 aromatic heterocycles. The van der Waals surface area contributed by atoms with Gasteiger partial charge in [-0.05, 0) is 12.0 Å². The molecule has 1 heterocycles. The Balaban J connectivity index is 2.26. The first-order valence-electron chi connectivity index (χ1n) is 6.58. The van der Waals surface area contributed by atoms with Gasteiger partial charge in [-0.25, -0.2) is 14.8 Å². The number of nitrogens with one attached hydrogen (secondary N) is 1. The second kappa shape index (κ2) is 6.65. The van der Waals surface area contributed by atoms with Gasteiger partial charge in [0.05, 0.1) is 0 Å². The highest BCUT2D eigenvalue weighted by Crippen LogP contribution is 2.11. The summed E-state index contributed by atoms with van der Waals surface area (Å²) in [4.78, 5) is 19.6. The monoisotopic (exact) mass is 271 g/mol. The van der Waals surface area contributed by atoms with Crippen LogP contribution in [0.4, 0.5) is 5.82 Å². The van der Waals surface area contributed by atoms with E-state index in [9.17, 15) is 4.79 Å². The average molecular weight is 271 g/mol. The van der Waals surface area contributed by atoms with Crippen LogP contribution in [0.3, 0.4) is 0 Å². The summed E-state index contributed by atoms with van der Waals surface area (Å²) in [5.74, 6) is 0.0288. The molecule has 0 spiro atoms. The lowest BCUT2D eigenvalue weighted by atomic mass is 10.1. The molecule has 0 saturated carbocycles. The third-order valence-corrected chi connectivity index (χ3v) is 2.75. The highest BCUT2D eigenvalue weighted by Gasteiger charge is 2.10. The Morgan fingerprint density at radius 1 is 1.25 bits per heavy atom. The summed E-state index contributed by atoms with van der Waals surface area (Å²) in [5.41, 5.74) is 1.07. The first-order chi connectivity index (χ1) is 9.69. The van der Waals surface area contributed by atoms with E-state index < -0.39 is 5.97 Å². The van der Waals surface area contributed by atoms with E-state index in [2.05, 4.69) is 15.3 Å². The van der Waals surface area contributed by atoms with E-state index in [1.54, 1.807) is 0 Å². The summed E-state index contributed by atoms with van der Waals surface area (Å²) in [7, 11) is 0. The number of hydrogen-bond donors (Lipinski definition) is 2. The molecule has 0 aliphatic carbocycles. The van der Waals surface area contributed by atoms with Crippen LogP contribution in [0, 0.1) is 0 Å². The van der Waals surface area contributed by atoms with E-state index >= 15 is 0 Å². The fraction of sp³-hybridized carbons (Fsp3) is 0.267. The van der Waals surface area contributed by atoms with Gasteiger partial charge in [-0.3, -0.25) is 0 Å². The van der Waals surface area contributed by atoms with Crippen LogP contribution in [0.1, 0.15) is 35.2 Å². The molecule has 0 unspecified atom stereocenters. The zero-order chi connectivity index (χ0) is 14.4. The predicted molar refractivity (Wildman–Crippen MR) is 77.0 cm³/mol. The van der Waals surface area contributed by atoms with Crippen molar-refractivity contribution in [1.82, 2.24) is 9.97 Å². The molecule has 20 heavy (non-hydrogen) atoms. The summed E-state index contributed by atoms with van der Waals surface area (Å²) in [6.07, 6.45) is 1.46. The Bertz CT molecular complexity index is 585. The van der Waals surface area contributed by atoms with Gasteiger partial charge in [0.25, 0.3) is 0 Å². The molecule has 104 valence electrons. The van der Waals surface area contributed by atoms with E-state index in [1.165, 1.54) is 6.07 Å². The Hall–Kier alpha value is -2.43. The highest BCUT2D eigenvalue weighted by atomic mass is 16.4. The van der Waals surface area contributed by atoms with E-state index in [0.29, 0.717) is 18.1 Å². The van der Waals surface area contributed by atoms with Crippen LogP contribution in [0.5, 0.6) is 0 Å². The van der Waals surface area contributed by atoms with Gasteiger partial charge in [0.1, 0.15) is 11.6 Å². The van der Waals surface area contributed by atoms with Crippen LogP contribution < -0.4 is 5.32 Å². The molecule has 0 radical (unpaired) electrons. The third-order valence-electron chi connectivity index (χ3n) is 2.75. The molecule has 0 aliphatic rings. The van der Waals surface area contributed by atoms with Crippen molar-refractivity contribution in [1.29, 1.82) is 0 Å². The van der Waals surface area contributed by atoms with Crippen molar-refractivity contribution < 1.29 is 9.90 Å². The molecular formula is C15H17N3O2. The van der Waals surface area contributed by atoms with Crippen LogP contribution in [0.2, 0.25) is 0 Å². The van der Waals surface area contributed by atoms with Gasteiger partial charge >= 0.3 is 5.97 Å². The lowest BCUT2D eigenvalue weighted by Gasteiger charge is -2.08. The summed E-state index contributed by atoms with van der Waals surface area (Å²) < 4.78 is 0. The molecule has 2 N–H and O–H groups in total. The van der Waals surface area contributed by atoms with Gasteiger partial charge < -0.3 is 10.4 Å². The molecule has 0 bridgehead atoms. The van der Waals surface area contributed by atoms with Gasteiger partial charge in [0.15, 0.2) is 5.69 Å². The SMILES string of the molecule is CCCNc1cc(C(=O)O)nc(Cc2ccccc2)n1. The maximum absolute atomic E-state index is 11.1. The first kappa shape index (κ1) is 14.0. The van der Waals surface area contributed by atoms with Crippen molar-refractivity contribution in [2.24, 2.45) is 0 Å². The fourth-order valence-electron chi connectivity index (χ4n) is 1.81. The van der Waals surface area contributed by atoms with Crippen molar-refractivity contribution in [3.63, 3.8) is 0 Å². The molecule has 0 fully saturated rings. The number of benzene rings is 1. The molecule has 5 heteroatoms. The van der Waals surface area contributed by atoms with E-state index in [-0.39, 0.29) is 5.69 Å². The molecular weight excluding hydrogens is 254 g/mol. The topological polar surface area (TPSA) is 75.1 Å². The van der Waals surface area contributed by atoms with Crippen LogP contribution in [0.15, 0.2) is 36.4 Å². The third kappa shape index (κ3) is 3.78. The summed E-state index contributed by atoms with van der Waals surface area (Å²) in [5, 5.41) is 12.2. The van der Waals surface area contributed by atoms with Crippen LogP contribution in [-0.4, -0.2) is 27.6 Å². The smallest absolute Gasteiger partial charge is 0.354 e. The van der Waals surface area contributed by atoms with Gasteiger partial charge in [-0.15, -0.1) is 0 Å². The second-order valence-corrected chi connectivity index (χ2v) is 4.45. The lowest BCUT2D eigenvalue weighted by Crippen LogP contribution is -2.10. The Morgan fingerprint density at radius 3 is 2.65 bits per heavy atom. The molecule has 5 nitrogen and oxygen atoms in total. The molecule has 0 atom stereocenters. The Labute approximate surface area is 117 Å². The molecule has 2 aromatic rings. The number of anilines is 1. The number of rotatable bonds is 6. The van der Waals surface area contributed by atoms with Crippen molar-refractivity contribution in [2.75, 3.05) is 11.9 Å². The summed E-state index contributed by atoms with van der Waals surface area (Å²) in [6.45, 7) is 2.79. The number of carboxylic acids is 1. The lowest BCUT2D eigenvalue weighted by molar-refractivity contribution is 0.0690. The van der Waals surface area contributed by atoms with Crippen LogP contribution in [0.25, 0.3) is 0 Å². The number of carboxylic acid groups (broad SMARTS) is 1. The molecule has 2 rings (SSSR count). The van der Waals surface area contributed by atoms with Crippen LogP contribution in [-0.2, 0) is 6.42 Å². The maximum Gasteiger partial charge on any atom is 0.354 e. The molecule has 0 amide bonds.